The van der Waals surface area contributed by atoms with Crippen molar-refractivity contribution in [1.29, 1.82) is 0 Å². The second-order valence-corrected chi connectivity index (χ2v) is 7.26. The van der Waals surface area contributed by atoms with Crippen LogP contribution in [-0.4, -0.2) is 35.7 Å². The van der Waals surface area contributed by atoms with Gasteiger partial charge in [0.05, 0.1) is 11.8 Å². The molecule has 1 aliphatic rings. The van der Waals surface area contributed by atoms with E-state index >= 15 is 0 Å². The molecule has 1 aliphatic heterocycles. The lowest BCUT2D eigenvalue weighted by Gasteiger charge is -2.31. The fraction of sp³-hybridized carbons (Fsp3) is 0.526. The number of piperidine rings is 1. The molecular formula is C19H25NO4. The molecule has 0 radical (unpaired) electrons. The lowest BCUT2D eigenvalue weighted by atomic mass is 9.90. The average molecular weight is 331 g/mol. The molecule has 0 spiro atoms. The Morgan fingerprint density at radius 1 is 1.08 bits per heavy atom. The first-order valence-corrected chi connectivity index (χ1v) is 8.35. The Morgan fingerprint density at radius 2 is 1.67 bits per heavy atom. The predicted molar refractivity (Wildman–Crippen MR) is 90.2 cm³/mol. The second-order valence-electron chi connectivity index (χ2n) is 7.26. The molecule has 0 aliphatic carbocycles. The third kappa shape index (κ3) is 4.99. The lowest BCUT2D eigenvalue weighted by molar-refractivity contribution is -0.205. The fourth-order valence-electron chi connectivity index (χ4n) is 2.55. The molecular weight excluding hydrogens is 306 g/mol. The summed E-state index contributed by atoms with van der Waals surface area (Å²) in [4.78, 5) is 41.7. The largest absolute Gasteiger partial charge is 0.367 e. The van der Waals surface area contributed by atoms with Crippen molar-refractivity contribution in [3.8, 4) is 0 Å². The monoisotopic (exact) mass is 331 g/mol. The van der Waals surface area contributed by atoms with Crippen LogP contribution in [0, 0.1) is 11.3 Å². The number of benzene rings is 1. The molecule has 5 heteroatoms. The number of hydrogen-bond acceptors (Lipinski definition) is 5. The van der Waals surface area contributed by atoms with E-state index in [9.17, 15) is 14.4 Å². The van der Waals surface area contributed by atoms with Gasteiger partial charge >= 0.3 is 5.97 Å². The van der Waals surface area contributed by atoms with E-state index in [-0.39, 0.29) is 29.9 Å². The van der Waals surface area contributed by atoms with E-state index in [2.05, 4.69) is 0 Å². The maximum absolute atomic E-state index is 12.3. The molecule has 5 nitrogen and oxygen atoms in total. The fourth-order valence-corrected chi connectivity index (χ4v) is 2.55. The zero-order valence-corrected chi connectivity index (χ0v) is 14.6. The number of carbonyl (C=O) groups is 3. The molecule has 0 saturated carbocycles. The van der Waals surface area contributed by atoms with Crippen LogP contribution in [0.1, 0.15) is 50.4 Å². The minimum atomic E-state index is -0.547. The van der Waals surface area contributed by atoms with Gasteiger partial charge in [-0.1, -0.05) is 30.3 Å². The molecule has 1 heterocycles. The molecule has 130 valence electrons. The van der Waals surface area contributed by atoms with Crippen molar-refractivity contribution in [2.24, 2.45) is 11.3 Å². The van der Waals surface area contributed by atoms with E-state index < -0.39 is 5.41 Å². The average Bonchev–Trinajstić information content (AvgIpc) is 2.55. The van der Waals surface area contributed by atoms with Gasteiger partial charge in [0, 0.05) is 24.6 Å². The minimum absolute atomic E-state index is 0.0225. The highest BCUT2D eigenvalue weighted by molar-refractivity contribution is 6.08. The minimum Gasteiger partial charge on any atom is -0.367 e. The van der Waals surface area contributed by atoms with Crippen molar-refractivity contribution >= 4 is 17.5 Å². The van der Waals surface area contributed by atoms with E-state index in [1.807, 2.05) is 6.07 Å². The number of hydrogen-bond donors (Lipinski definition) is 0. The van der Waals surface area contributed by atoms with E-state index in [4.69, 9.17) is 4.84 Å². The number of Topliss-reactive ketones (excluding diaryl/α,β-unsaturated/α-hetero) is 2. The zero-order valence-electron chi connectivity index (χ0n) is 14.6. The van der Waals surface area contributed by atoms with Gasteiger partial charge in [-0.15, -0.1) is 5.06 Å². The molecule has 2 rings (SSSR count). The van der Waals surface area contributed by atoms with Gasteiger partial charge in [-0.2, -0.15) is 0 Å². The van der Waals surface area contributed by atoms with Crippen LogP contribution >= 0.6 is 0 Å². The summed E-state index contributed by atoms with van der Waals surface area (Å²) in [6, 6.07) is 8.88. The highest BCUT2D eigenvalue weighted by Crippen LogP contribution is 2.23. The molecule has 0 N–H and O–H groups in total. The van der Waals surface area contributed by atoms with Crippen molar-refractivity contribution in [1.82, 2.24) is 5.06 Å². The van der Waals surface area contributed by atoms with Crippen LogP contribution in [0.25, 0.3) is 0 Å². The maximum atomic E-state index is 12.3. The highest BCUT2D eigenvalue weighted by atomic mass is 16.7. The van der Waals surface area contributed by atoms with Gasteiger partial charge in [-0.05, 0) is 33.6 Å². The Morgan fingerprint density at radius 3 is 2.21 bits per heavy atom. The van der Waals surface area contributed by atoms with Gasteiger partial charge in [0.2, 0.25) is 0 Å². The number of hydroxylamine groups is 2. The molecule has 1 saturated heterocycles. The van der Waals surface area contributed by atoms with Gasteiger partial charge in [0.1, 0.15) is 5.78 Å². The van der Waals surface area contributed by atoms with Crippen LogP contribution in [0.15, 0.2) is 30.3 Å². The van der Waals surface area contributed by atoms with Crippen LogP contribution < -0.4 is 0 Å². The Labute approximate surface area is 142 Å². The van der Waals surface area contributed by atoms with E-state index in [1.165, 1.54) is 0 Å². The molecule has 1 fully saturated rings. The molecule has 0 atom stereocenters. The summed E-state index contributed by atoms with van der Waals surface area (Å²) >= 11 is 0. The van der Waals surface area contributed by atoms with Crippen molar-refractivity contribution < 1.29 is 19.2 Å². The van der Waals surface area contributed by atoms with Gasteiger partial charge < -0.3 is 4.84 Å². The summed E-state index contributed by atoms with van der Waals surface area (Å²) < 4.78 is 0. The number of carbonyl (C=O) groups excluding carboxylic acids is 3. The van der Waals surface area contributed by atoms with Crippen LogP contribution in [0.2, 0.25) is 0 Å². The van der Waals surface area contributed by atoms with E-state index in [1.54, 1.807) is 50.1 Å². The lowest BCUT2D eigenvalue weighted by Crippen LogP contribution is -2.40. The first-order valence-electron chi connectivity index (χ1n) is 8.35. The van der Waals surface area contributed by atoms with Gasteiger partial charge in [-0.3, -0.25) is 9.59 Å². The molecule has 24 heavy (non-hydrogen) atoms. The summed E-state index contributed by atoms with van der Waals surface area (Å²) in [5.74, 6) is -0.568. The molecule has 0 unspecified atom stereocenters. The van der Waals surface area contributed by atoms with Crippen molar-refractivity contribution in [3.63, 3.8) is 0 Å². The summed E-state index contributed by atoms with van der Waals surface area (Å²) in [7, 11) is 0. The second kappa shape index (κ2) is 7.71. The van der Waals surface area contributed by atoms with Crippen molar-refractivity contribution in [2.45, 2.75) is 40.0 Å². The van der Waals surface area contributed by atoms with Crippen LogP contribution in [0.5, 0.6) is 0 Å². The molecule has 0 bridgehead atoms. The Balaban J connectivity index is 1.81. The topological polar surface area (TPSA) is 63.7 Å². The first kappa shape index (κ1) is 18.3. The zero-order chi connectivity index (χ0) is 17.7. The summed E-state index contributed by atoms with van der Waals surface area (Å²) in [6.07, 6.45) is 1.16. The maximum Gasteiger partial charge on any atom is 0.330 e. The Hall–Kier alpha value is -2.01. The summed E-state index contributed by atoms with van der Waals surface area (Å²) in [6.45, 7) is 6.47. The van der Waals surface area contributed by atoms with Crippen LogP contribution in [0.4, 0.5) is 0 Å². The van der Waals surface area contributed by atoms with Gasteiger partial charge in [0.25, 0.3) is 0 Å². The molecule has 1 aromatic carbocycles. The normalized spacial score (nSPS) is 16.6. The number of nitrogens with zero attached hydrogens (tertiary/aromatic N) is 1. The standard InChI is InChI=1S/C19H25NO4/c1-19(2,3)18(23)24-20-11-9-15(10-12-20)17(22)13-16(21)14-7-5-4-6-8-14/h4-8,15H,9-13H2,1-3H3. The van der Waals surface area contributed by atoms with Gasteiger partial charge in [0.15, 0.2) is 5.78 Å². The predicted octanol–water partition coefficient (Wildman–Crippen LogP) is 3.04. The number of rotatable bonds is 5. The smallest absolute Gasteiger partial charge is 0.330 e. The quantitative estimate of drug-likeness (QED) is 0.613. The third-order valence-corrected chi connectivity index (χ3v) is 4.16. The molecule has 1 aromatic rings. The van der Waals surface area contributed by atoms with E-state index in [0.717, 1.165) is 0 Å². The Kier molecular flexibility index (Phi) is 5.89. The number of ketones is 2. The Bertz CT molecular complexity index is 596. The molecule has 0 amide bonds. The first-order chi connectivity index (χ1) is 11.3. The van der Waals surface area contributed by atoms with Crippen LogP contribution in [-0.2, 0) is 14.4 Å². The third-order valence-electron chi connectivity index (χ3n) is 4.16. The van der Waals surface area contributed by atoms with Crippen LogP contribution in [0.3, 0.4) is 0 Å². The van der Waals surface area contributed by atoms with Crippen molar-refractivity contribution in [2.75, 3.05) is 13.1 Å². The summed E-state index contributed by atoms with van der Waals surface area (Å²) in [5, 5.41) is 1.62. The highest BCUT2D eigenvalue weighted by Gasteiger charge is 2.31. The van der Waals surface area contributed by atoms with Crippen molar-refractivity contribution in [3.05, 3.63) is 35.9 Å². The van der Waals surface area contributed by atoms with Gasteiger partial charge in [-0.25, -0.2) is 4.79 Å². The molecule has 0 aromatic heterocycles. The van der Waals surface area contributed by atoms with E-state index in [0.29, 0.717) is 31.5 Å². The SMILES string of the molecule is CC(C)(C)C(=O)ON1CCC(C(=O)CC(=O)c2ccccc2)CC1. The summed E-state index contributed by atoms with van der Waals surface area (Å²) in [5.41, 5.74) is 0.0248.